The molecule has 0 spiro atoms. The van der Waals surface area contributed by atoms with E-state index in [4.69, 9.17) is 4.74 Å². The normalized spacial score (nSPS) is 13.8. The van der Waals surface area contributed by atoms with Crippen molar-refractivity contribution >= 4 is 23.4 Å². The number of piperazine rings is 1. The van der Waals surface area contributed by atoms with E-state index >= 15 is 0 Å². The number of nitriles is 1. The largest absolute Gasteiger partial charge is 0.492 e. The van der Waals surface area contributed by atoms with Gasteiger partial charge in [-0.05, 0) is 51.0 Å². The molecule has 0 unspecified atom stereocenters. The van der Waals surface area contributed by atoms with Crippen molar-refractivity contribution in [3.8, 4) is 11.8 Å². The molecule has 1 aliphatic heterocycles. The van der Waals surface area contributed by atoms with Gasteiger partial charge in [-0.25, -0.2) is 4.98 Å². The minimum absolute atomic E-state index is 0.0827. The van der Waals surface area contributed by atoms with Gasteiger partial charge < -0.3 is 14.5 Å². The number of anilines is 1. The maximum atomic E-state index is 12.8. The lowest BCUT2D eigenvalue weighted by molar-refractivity contribution is -0.128. The summed E-state index contributed by atoms with van der Waals surface area (Å²) in [6.45, 7) is 11.3. The molecule has 1 aromatic heterocycles. The number of benzene rings is 1. The fourth-order valence-corrected chi connectivity index (χ4v) is 4.55. The number of carbonyl (C=O) groups excluding carboxylic acids is 1. The van der Waals surface area contributed by atoms with Gasteiger partial charge in [0.1, 0.15) is 16.8 Å². The Morgan fingerprint density at radius 3 is 2.53 bits per heavy atom. The van der Waals surface area contributed by atoms with Gasteiger partial charge in [0.25, 0.3) is 0 Å². The predicted octanol–water partition coefficient (Wildman–Crippen LogP) is 3.72. The number of para-hydroxylation sites is 2. The molecule has 0 saturated carbocycles. The molecule has 1 amide bonds. The van der Waals surface area contributed by atoms with Gasteiger partial charge >= 0.3 is 0 Å². The minimum atomic E-state index is 0.0827. The van der Waals surface area contributed by atoms with Crippen LogP contribution in [0, 0.1) is 32.1 Å². The number of amides is 1. The van der Waals surface area contributed by atoms with E-state index in [-0.39, 0.29) is 5.91 Å². The number of hydrogen-bond acceptors (Lipinski definition) is 6. The number of aromatic nitrogens is 1. The van der Waals surface area contributed by atoms with E-state index < -0.39 is 0 Å². The van der Waals surface area contributed by atoms with Crippen LogP contribution in [-0.2, 0) is 4.79 Å². The minimum Gasteiger partial charge on any atom is -0.492 e. The summed E-state index contributed by atoms with van der Waals surface area (Å²) in [4.78, 5) is 21.5. The van der Waals surface area contributed by atoms with E-state index in [9.17, 15) is 10.1 Å². The van der Waals surface area contributed by atoms with Crippen LogP contribution in [0.3, 0.4) is 0 Å². The van der Waals surface area contributed by atoms with Crippen LogP contribution in [-0.4, -0.2) is 54.3 Å². The molecule has 0 atom stereocenters. The molecule has 158 valence electrons. The molecule has 2 aromatic rings. The molecule has 2 heterocycles. The van der Waals surface area contributed by atoms with E-state index in [0.717, 1.165) is 41.3 Å². The van der Waals surface area contributed by atoms with Crippen LogP contribution in [0.1, 0.15) is 29.3 Å². The van der Waals surface area contributed by atoms with Crippen LogP contribution in [0.2, 0.25) is 0 Å². The first kappa shape index (κ1) is 22.0. The molecule has 1 aliphatic rings. The van der Waals surface area contributed by atoms with Crippen molar-refractivity contribution in [2.24, 2.45) is 0 Å². The SMILES string of the molecule is CCOc1ccccc1N1CCN(C(=O)CSc2nc(C)c(C)c(C)c2C#N)CC1. The molecule has 6 nitrogen and oxygen atoms in total. The summed E-state index contributed by atoms with van der Waals surface area (Å²) in [6, 6.07) is 10.3. The molecular weight excluding hydrogens is 396 g/mol. The van der Waals surface area contributed by atoms with Gasteiger partial charge in [-0.15, -0.1) is 0 Å². The summed E-state index contributed by atoms with van der Waals surface area (Å²) in [5, 5.41) is 10.2. The summed E-state index contributed by atoms with van der Waals surface area (Å²) in [5.74, 6) is 1.26. The maximum absolute atomic E-state index is 12.8. The predicted molar refractivity (Wildman–Crippen MR) is 120 cm³/mol. The molecule has 1 fully saturated rings. The lowest BCUT2D eigenvalue weighted by Gasteiger charge is -2.36. The molecule has 1 aromatic carbocycles. The fraction of sp³-hybridized carbons (Fsp3) is 0.435. The standard InChI is InChI=1S/C23H28N4O2S/c1-5-29-21-9-7-6-8-20(21)26-10-12-27(13-11-26)22(28)15-30-23-19(14-24)17(3)16(2)18(4)25-23/h6-9H,5,10-13,15H2,1-4H3. The first-order valence-corrected chi connectivity index (χ1v) is 11.2. The smallest absolute Gasteiger partial charge is 0.233 e. The van der Waals surface area contributed by atoms with Crippen LogP contribution in [0.15, 0.2) is 29.3 Å². The van der Waals surface area contributed by atoms with Crippen molar-refractivity contribution in [1.29, 1.82) is 5.26 Å². The third-order valence-corrected chi connectivity index (χ3v) is 6.51. The van der Waals surface area contributed by atoms with E-state index in [1.807, 2.05) is 50.8 Å². The zero-order valence-electron chi connectivity index (χ0n) is 18.1. The first-order valence-electron chi connectivity index (χ1n) is 10.2. The molecular formula is C23H28N4O2S. The van der Waals surface area contributed by atoms with Gasteiger partial charge in [-0.1, -0.05) is 23.9 Å². The second-order valence-corrected chi connectivity index (χ2v) is 8.26. The van der Waals surface area contributed by atoms with Crippen molar-refractivity contribution in [3.05, 3.63) is 46.6 Å². The third kappa shape index (κ3) is 4.71. The number of thioether (sulfide) groups is 1. The number of rotatable bonds is 6. The highest BCUT2D eigenvalue weighted by Crippen LogP contribution is 2.29. The topological polar surface area (TPSA) is 69.5 Å². The molecule has 0 N–H and O–H groups in total. The zero-order chi connectivity index (χ0) is 21.7. The number of hydrogen-bond donors (Lipinski definition) is 0. The molecule has 0 bridgehead atoms. The van der Waals surface area contributed by atoms with Gasteiger partial charge in [0, 0.05) is 31.9 Å². The van der Waals surface area contributed by atoms with Gasteiger partial charge in [-0.3, -0.25) is 4.79 Å². The average Bonchev–Trinajstić information content (AvgIpc) is 2.76. The number of nitrogens with zero attached hydrogens (tertiary/aromatic N) is 4. The highest BCUT2D eigenvalue weighted by Gasteiger charge is 2.23. The van der Waals surface area contributed by atoms with Gasteiger partial charge in [-0.2, -0.15) is 5.26 Å². The Balaban J connectivity index is 1.60. The third-order valence-electron chi connectivity index (χ3n) is 5.55. The number of aryl methyl sites for hydroxylation is 1. The van der Waals surface area contributed by atoms with Crippen molar-refractivity contribution in [2.45, 2.75) is 32.7 Å². The second kappa shape index (κ2) is 9.86. The Kier molecular flexibility index (Phi) is 7.22. The van der Waals surface area contributed by atoms with Gasteiger partial charge in [0.15, 0.2) is 0 Å². The van der Waals surface area contributed by atoms with Crippen LogP contribution < -0.4 is 9.64 Å². The molecule has 30 heavy (non-hydrogen) atoms. The van der Waals surface area contributed by atoms with Crippen LogP contribution in [0.5, 0.6) is 5.75 Å². The molecule has 0 radical (unpaired) electrons. The molecule has 0 aliphatic carbocycles. The summed E-state index contributed by atoms with van der Waals surface area (Å²) >= 11 is 1.36. The van der Waals surface area contributed by atoms with Crippen molar-refractivity contribution in [1.82, 2.24) is 9.88 Å². The molecule has 1 saturated heterocycles. The second-order valence-electron chi connectivity index (χ2n) is 7.30. The molecule has 3 rings (SSSR count). The first-order chi connectivity index (χ1) is 14.5. The summed E-state index contributed by atoms with van der Waals surface area (Å²) in [6.07, 6.45) is 0. The molecule has 7 heteroatoms. The Morgan fingerprint density at radius 1 is 1.17 bits per heavy atom. The van der Waals surface area contributed by atoms with Crippen molar-refractivity contribution in [2.75, 3.05) is 43.4 Å². The maximum Gasteiger partial charge on any atom is 0.233 e. The fourth-order valence-electron chi connectivity index (χ4n) is 3.56. The Hall–Kier alpha value is -2.72. The lowest BCUT2D eigenvalue weighted by Crippen LogP contribution is -2.49. The van der Waals surface area contributed by atoms with E-state index in [2.05, 4.69) is 22.0 Å². The van der Waals surface area contributed by atoms with Gasteiger partial charge in [0.2, 0.25) is 5.91 Å². The summed E-state index contributed by atoms with van der Waals surface area (Å²) in [7, 11) is 0. The van der Waals surface area contributed by atoms with E-state index in [1.165, 1.54) is 11.8 Å². The van der Waals surface area contributed by atoms with Crippen molar-refractivity contribution < 1.29 is 9.53 Å². The quantitative estimate of drug-likeness (QED) is 0.659. The number of ether oxygens (including phenoxy) is 1. The summed E-state index contributed by atoms with van der Waals surface area (Å²) in [5.41, 5.74) is 4.54. The Bertz CT molecular complexity index is 962. The van der Waals surface area contributed by atoms with E-state index in [1.54, 1.807) is 0 Å². The lowest BCUT2D eigenvalue weighted by atomic mass is 10.1. The van der Waals surface area contributed by atoms with Crippen molar-refractivity contribution in [3.63, 3.8) is 0 Å². The highest BCUT2D eigenvalue weighted by atomic mass is 32.2. The van der Waals surface area contributed by atoms with Crippen LogP contribution in [0.4, 0.5) is 5.69 Å². The Labute approximate surface area is 182 Å². The van der Waals surface area contributed by atoms with E-state index in [0.29, 0.717) is 36.0 Å². The number of carbonyl (C=O) groups is 1. The summed E-state index contributed by atoms with van der Waals surface area (Å²) < 4.78 is 5.74. The van der Waals surface area contributed by atoms with Gasteiger partial charge in [0.05, 0.1) is 23.6 Å². The monoisotopic (exact) mass is 424 g/mol. The average molecular weight is 425 g/mol. The number of pyridine rings is 1. The van der Waals surface area contributed by atoms with Crippen LogP contribution >= 0.6 is 11.8 Å². The Morgan fingerprint density at radius 2 is 1.87 bits per heavy atom. The zero-order valence-corrected chi connectivity index (χ0v) is 18.9. The highest BCUT2D eigenvalue weighted by molar-refractivity contribution is 8.00. The van der Waals surface area contributed by atoms with Crippen LogP contribution in [0.25, 0.3) is 0 Å².